The van der Waals surface area contributed by atoms with Crippen molar-refractivity contribution in [3.05, 3.63) is 87.3 Å². The van der Waals surface area contributed by atoms with Gasteiger partial charge in [-0.05, 0) is 90.0 Å². The first-order valence-corrected chi connectivity index (χ1v) is 10.4. The minimum absolute atomic E-state index is 0.0877. The molecule has 0 N–H and O–H groups in total. The van der Waals surface area contributed by atoms with Gasteiger partial charge < -0.3 is 4.74 Å². The Morgan fingerprint density at radius 1 is 1.17 bits per heavy atom. The van der Waals surface area contributed by atoms with Crippen molar-refractivity contribution >= 4 is 34.0 Å². The quantitative estimate of drug-likeness (QED) is 0.270. The standard InChI is InChI=1S/C23H22F2IN3O/c1-15-13-22(28-29(15)14-18-5-9-20(26)10-6-18)17(3)27-16(2)19-7-11-21(12-8-19)30-23(4,24)25/h5-13H,2,14H2,1,3-4H3. The van der Waals surface area contributed by atoms with Gasteiger partial charge in [-0.1, -0.05) is 18.7 Å². The van der Waals surface area contributed by atoms with Gasteiger partial charge in [-0.15, -0.1) is 0 Å². The van der Waals surface area contributed by atoms with Gasteiger partial charge in [0.15, 0.2) is 0 Å². The minimum atomic E-state index is -3.22. The molecule has 7 heteroatoms. The molecule has 3 aromatic rings. The van der Waals surface area contributed by atoms with Crippen LogP contribution in [-0.4, -0.2) is 21.6 Å². The molecule has 1 heterocycles. The number of hydrogen-bond acceptors (Lipinski definition) is 3. The topological polar surface area (TPSA) is 39.4 Å². The van der Waals surface area contributed by atoms with Gasteiger partial charge in [-0.3, -0.25) is 9.67 Å². The molecule has 0 spiro atoms. The average molecular weight is 521 g/mol. The lowest BCUT2D eigenvalue weighted by atomic mass is 10.1. The molecular weight excluding hydrogens is 499 g/mol. The van der Waals surface area contributed by atoms with Crippen molar-refractivity contribution in [2.45, 2.75) is 33.4 Å². The fraction of sp³-hybridized carbons (Fsp3) is 0.217. The van der Waals surface area contributed by atoms with Gasteiger partial charge in [-0.25, -0.2) is 0 Å². The Labute approximate surface area is 188 Å². The normalized spacial score (nSPS) is 12.1. The van der Waals surface area contributed by atoms with Crippen molar-refractivity contribution in [3.8, 4) is 5.75 Å². The first-order chi connectivity index (χ1) is 14.1. The number of benzene rings is 2. The van der Waals surface area contributed by atoms with Gasteiger partial charge >= 0.3 is 6.11 Å². The summed E-state index contributed by atoms with van der Waals surface area (Å²) in [5.41, 5.74) is 4.94. The molecule has 0 aliphatic heterocycles. The van der Waals surface area contributed by atoms with E-state index in [9.17, 15) is 8.78 Å². The van der Waals surface area contributed by atoms with Crippen LogP contribution in [0.4, 0.5) is 8.78 Å². The molecular formula is C23H22F2IN3O. The minimum Gasteiger partial charge on any atom is -0.433 e. The number of nitrogens with zero attached hydrogens (tertiary/aromatic N) is 3. The first kappa shape index (κ1) is 22.1. The zero-order valence-electron chi connectivity index (χ0n) is 17.0. The molecule has 1 aromatic heterocycles. The Morgan fingerprint density at radius 3 is 2.40 bits per heavy atom. The molecule has 0 aliphatic carbocycles. The number of aryl methyl sites for hydroxylation is 1. The van der Waals surface area contributed by atoms with Crippen LogP contribution in [0.5, 0.6) is 5.75 Å². The predicted molar refractivity (Wildman–Crippen MR) is 124 cm³/mol. The second-order valence-corrected chi connectivity index (χ2v) is 8.28. The van der Waals surface area contributed by atoms with Crippen molar-refractivity contribution < 1.29 is 13.5 Å². The average Bonchev–Trinajstić information content (AvgIpc) is 3.03. The summed E-state index contributed by atoms with van der Waals surface area (Å²) < 4.78 is 33.6. The van der Waals surface area contributed by atoms with Crippen molar-refractivity contribution in [1.29, 1.82) is 0 Å². The highest BCUT2D eigenvalue weighted by Gasteiger charge is 2.22. The summed E-state index contributed by atoms with van der Waals surface area (Å²) in [6.07, 6.45) is -3.22. The summed E-state index contributed by atoms with van der Waals surface area (Å²) in [7, 11) is 0. The van der Waals surface area contributed by atoms with Crippen LogP contribution in [0.15, 0.2) is 66.2 Å². The number of aliphatic imine (C=N–C) groups is 1. The molecule has 0 unspecified atom stereocenters. The number of aromatic nitrogens is 2. The largest absolute Gasteiger partial charge is 0.433 e. The van der Waals surface area contributed by atoms with Gasteiger partial charge in [0, 0.05) is 16.2 Å². The van der Waals surface area contributed by atoms with E-state index >= 15 is 0 Å². The SMILES string of the molecule is C=C(N=C(C)c1cc(C)n(Cc2ccc(I)cc2)n1)c1ccc(OC(C)(F)F)cc1. The molecule has 0 saturated heterocycles. The van der Waals surface area contributed by atoms with Crippen LogP contribution in [0.3, 0.4) is 0 Å². The number of halogens is 3. The lowest BCUT2D eigenvalue weighted by Gasteiger charge is -2.13. The van der Waals surface area contributed by atoms with Crippen LogP contribution in [0.2, 0.25) is 0 Å². The number of alkyl halides is 2. The van der Waals surface area contributed by atoms with E-state index in [1.165, 1.54) is 21.3 Å². The lowest BCUT2D eigenvalue weighted by Crippen LogP contribution is -2.18. The summed E-state index contributed by atoms with van der Waals surface area (Å²) in [5, 5.41) is 4.67. The Morgan fingerprint density at radius 2 is 1.80 bits per heavy atom. The lowest BCUT2D eigenvalue weighted by molar-refractivity contribution is -0.158. The van der Waals surface area contributed by atoms with Crippen LogP contribution in [0.1, 0.15) is 36.4 Å². The van der Waals surface area contributed by atoms with Gasteiger partial charge in [0.1, 0.15) is 11.4 Å². The van der Waals surface area contributed by atoms with Gasteiger partial charge in [0.2, 0.25) is 0 Å². The van der Waals surface area contributed by atoms with Crippen LogP contribution in [-0.2, 0) is 6.54 Å². The van der Waals surface area contributed by atoms with E-state index in [0.29, 0.717) is 19.2 Å². The van der Waals surface area contributed by atoms with Crippen LogP contribution in [0, 0.1) is 10.5 Å². The molecule has 0 bridgehead atoms. The molecule has 0 radical (unpaired) electrons. The summed E-state index contributed by atoms with van der Waals surface area (Å²) in [5.74, 6) is 0.0877. The molecule has 4 nitrogen and oxygen atoms in total. The summed E-state index contributed by atoms with van der Waals surface area (Å²) >= 11 is 2.28. The maximum Gasteiger partial charge on any atom is 0.394 e. The zero-order chi connectivity index (χ0) is 21.9. The Balaban J connectivity index is 1.73. The van der Waals surface area contributed by atoms with Crippen LogP contribution in [0.25, 0.3) is 5.70 Å². The molecule has 0 saturated carbocycles. The molecule has 0 atom stereocenters. The Bertz CT molecular complexity index is 1070. The van der Waals surface area contributed by atoms with E-state index in [0.717, 1.165) is 22.7 Å². The summed E-state index contributed by atoms with van der Waals surface area (Å²) in [6.45, 7) is 9.25. The van der Waals surface area contributed by atoms with E-state index in [2.05, 4.69) is 68.3 Å². The van der Waals surface area contributed by atoms with Gasteiger partial charge in [0.25, 0.3) is 0 Å². The van der Waals surface area contributed by atoms with Gasteiger partial charge in [-0.2, -0.15) is 13.9 Å². The number of ether oxygens (including phenoxy) is 1. The van der Waals surface area contributed by atoms with E-state index < -0.39 is 6.11 Å². The van der Waals surface area contributed by atoms with Crippen molar-refractivity contribution in [3.63, 3.8) is 0 Å². The molecule has 156 valence electrons. The van der Waals surface area contributed by atoms with Crippen molar-refractivity contribution in [2.24, 2.45) is 4.99 Å². The smallest absolute Gasteiger partial charge is 0.394 e. The second-order valence-electron chi connectivity index (χ2n) is 7.03. The maximum atomic E-state index is 12.9. The van der Waals surface area contributed by atoms with Crippen molar-refractivity contribution in [1.82, 2.24) is 9.78 Å². The number of hydrogen-bond donors (Lipinski definition) is 0. The first-order valence-electron chi connectivity index (χ1n) is 9.31. The Hall–Kier alpha value is -2.55. The highest BCUT2D eigenvalue weighted by atomic mass is 127. The number of rotatable bonds is 7. The summed E-state index contributed by atoms with van der Waals surface area (Å²) in [4.78, 5) is 4.55. The maximum absolute atomic E-state index is 12.9. The van der Waals surface area contributed by atoms with Crippen LogP contribution >= 0.6 is 22.6 Å². The third-order valence-electron chi connectivity index (χ3n) is 4.38. The monoisotopic (exact) mass is 521 g/mol. The van der Waals surface area contributed by atoms with E-state index in [1.807, 2.05) is 24.6 Å². The van der Waals surface area contributed by atoms with Crippen molar-refractivity contribution in [2.75, 3.05) is 0 Å². The third kappa shape index (κ3) is 5.98. The molecule has 30 heavy (non-hydrogen) atoms. The molecule has 2 aromatic carbocycles. The van der Waals surface area contributed by atoms with Gasteiger partial charge in [0.05, 0.1) is 18.0 Å². The molecule has 0 amide bonds. The molecule has 0 fully saturated rings. The van der Waals surface area contributed by atoms with E-state index in [4.69, 9.17) is 0 Å². The third-order valence-corrected chi connectivity index (χ3v) is 5.10. The molecule has 0 aliphatic rings. The van der Waals surface area contributed by atoms with Crippen LogP contribution < -0.4 is 4.74 Å². The highest BCUT2D eigenvalue weighted by molar-refractivity contribution is 14.1. The predicted octanol–water partition coefficient (Wildman–Crippen LogP) is 6.32. The van der Waals surface area contributed by atoms with E-state index in [1.54, 1.807) is 12.1 Å². The Kier molecular flexibility index (Phi) is 6.70. The van der Waals surface area contributed by atoms with E-state index in [-0.39, 0.29) is 5.75 Å². The molecule has 3 rings (SSSR count). The summed E-state index contributed by atoms with van der Waals surface area (Å²) in [6, 6.07) is 16.6. The fourth-order valence-corrected chi connectivity index (χ4v) is 3.22. The zero-order valence-corrected chi connectivity index (χ0v) is 19.2. The highest BCUT2D eigenvalue weighted by Crippen LogP contribution is 2.24. The second kappa shape index (κ2) is 9.07. The fourth-order valence-electron chi connectivity index (χ4n) is 2.86.